The zero-order valence-electron chi connectivity index (χ0n) is 11.3. The third-order valence-electron chi connectivity index (χ3n) is 3.34. The standard InChI is InChI=1S/C15H15ClN2O2S/c16-11-5-3-10(4-6-11)15-18-13(9-21-15)14(19)17-8-12-2-1-7-20-12/h3-6,9,12H,1-2,7-8H2,(H,17,19)/t12-/m0/s1. The van der Waals surface area contributed by atoms with Gasteiger partial charge in [-0.15, -0.1) is 11.3 Å². The first-order valence-corrected chi connectivity index (χ1v) is 8.09. The zero-order chi connectivity index (χ0) is 14.7. The monoisotopic (exact) mass is 322 g/mol. The van der Waals surface area contributed by atoms with Crippen molar-refractivity contribution < 1.29 is 9.53 Å². The van der Waals surface area contributed by atoms with Crippen LogP contribution >= 0.6 is 22.9 Å². The van der Waals surface area contributed by atoms with E-state index in [1.807, 2.05) is 24.3 Å². The largest absolute Gasteiger partial charge is 0.376 e. The maximum atomic E-state index is 12.1. The summed E-state index contributed by atoms with van der Waals surface area (Å²) in [6, 6.07) is 7.43. The Kier molecular flexibility index (Phi) is 4.53. The molecular weight excluding hydrogens is 308 g/mol. The van der Waals surface area contributed by atoms with Crippen molar-refractivity contribution in [2.45, 2.75) is 18.9 Å². The van der Waals surface area contributed by atoms with Crippen LogP contribution < -0.4 is 5.32 Å². The Morgan fingerprint density at radius 1 is 1.43 bits per heavy atom. The lowest BCUT2D eigenvalue weighted by molar-refractivity contribution is 0.0854. The van der Waals surface area contributed by atoms with Crippen LogP contribution in [0.2, 0.25) is 5.02 Å². The molecule has 1 aromatic carbocycles. The van der Waals surface area contributed by atoms with Gasteiger partial charge >= 0.3 is 0 Å². The molecule has 1 atom stereocenters. The predicted molar refractivity (Wildman–Crippen MR) is 83.9 cm³/mol. The lowest BCUT2D eigenvalue weighted by atomic mass is 10.2. The number of rotatable bonds is 4. The number of nitrogens with zero attached hydrogens (tertiary/aromatic N) is 1. The van der Waals surface area contributed by atoms with Gasteiger partial charge in [-0.25, -0.2) is 4.98 Å². The van der Waals surface area contributed by atoms with Crippen LogP contribution in [0.4, 0.5) is 0 Å². The smallest absolute Gasteiger partial charge is 0.270 e. The third-order valence-corrected chi connectivity index (χ3v) is 4.49. The maximum absolute atomic E-state index is 12.1. The highest BCUT2D eigenvalue weighted by molar-refractivity contribution is 7.13. The van der Waals surface area contributed by atoms with Crippen molar-refractivity contribution in [3.63, 3.8) is 0 Å². The SMILES string of the molecule is O=C(NC[C@@H]1CCCO1)c1csc(-c2ccc(Cl)cc2)n1. The summed E-state index contributed by atoms with van der Waals surface area (Å²) in [4.78, 5) is 16.4. The van der Waals surface area contributed by atoms with Gasteiger partial charge in [-0.05, 0) is 25.0 Å². The van der Waals surface area contributed by atoms with E-state index in [-0.39, 0.29) is 12.0 Å². The van der Waals surface area contributed by atoms with E-state index >= 15 is 0 Å². The molecule has 1 amide bonds. The first-order valence-electron chi connectivity index (χ1n) is 6.83. The van der Waals surface area contributed by atoms with Crippen LogP contribution in [0.25, 0.3) is 10.6 Å². The van der Waals surface area contributed by atoms with Crippen LogP contribution in [-0.2, 0) is 4.74 Å². The van der Waals surface area contributed by atoms with Gasteiger partial charge in [0.2, 0.25) is 0 Å². The van der Waals surface area contributed by atoms with E-state index in [1.165, 1.54) is 11.3 Å². The molecule has 1 aromatic heterocycles. The minimum absolute atomic E-state index is 0.142. The van der Waals surface area contributed by atoms with E-state index in [4.69, 9.17) is 16.3 Å². The molecule has 0 bridgehead atoms. The van der Waals surface area contributed by atoms with Crippen LogP contribution in [-0.4, -0.2) is 30.1 Å². The molecule has 0 radical (unpaired) electrons. The molecule has 1 aliphatic rings. The molecule has 1 saturated heterocycles. The van der Waals surface area contributed by atoms with Crippen molar-refractivity contribution in [1.29, 1.82) is 0 Å². The summed E-state index contributed by atoms with van der Waals surface area (Å²) in [6.07, 6.45) is 2.22. The number of nitrogens with one attached hydrogen (secondary N) is 1. The summed E-state index contributed by atoms with van der Waals surface area (Å²) in [5, 5.41) is 6.15. The van der Waals surface area contributed by atoms with Crippen molar-refractivity contribution in [3.05, 3.63) is 40.4 Å². The summed E-state index contributed by atoms with van der Waals surface area (Å²) < 4.78 is 5.48. The lowest BCUT2D eigenvalue weighted by Gasteiger charge is -2.09. The molecular formula is C15H15ClN2O2S. The van der Waals surface area contributed by atoms with Crippen molar-refractivity contribution in [3.8, 4) is 10.6 Å². The highest BCUT2D eigenvalue weighted by atomic mass is 35.5. The average molecular weight is 323 g/mol. The van der Waals surface area contributed by atoms with E-state index in [0.717, 1.165) is 30.0 Å². The number of hydrogen-bond acceptors (Lipinski definition) is 4. The van der Waals surface area contributed by atoms with Gasteiger partial charge in [0.1, 0.15) is 10.7 Å². The normalized spacial score (nSPS) is 17.9. The Hall–Kier alpha value is -1.43. The highest BCUT2D eigenvalue weighted by Crippen LogP contribution is 2.25. The Balaban J connectivity index is 1.63. The maximum Gasteiger partial charge on any atom is 0.270 e. The fraction of sp³-hybridized carbons (Fsp3) is 0.333. The third kappa shape index (κ3) is 3.61. The molecule has 21 heavy (non-hydrogen) atoms. The number of benzene rings is 1. The van der Waals surface area contributed by atoms with Gasteiger partial charge in [0.05, 0.1) is 6.10 Å². The zero-order valence-corrected chi connectivity index (χ0v) is 12.9. The summed E-state index contributed by atoms with van der Waals surface area (Å²) in [5.74, 6) is -0.151. The molecule has 0 saturated carbocycles. The molecule has 3 rings (SSSR count). The van der Waals surface area contributed by atoms with Crippen LogP contribution in [0.1, 0.15) is 23.3 Å². The Morgan fingerprint density at radius 2 is 2.24 bits per heavy atom. The molecule has 1 aliphatic heterocycles. The molecule has 1 N–H and O–H groups in total. The fourth-order valence-electron chi connectivity index (χ4n) is 2.21. The second-order valence-corrected chi connectivity index (χ2v) is 6.18. The second kappa shape index (κ2) is 6.56. The van der Waals surface area contributed by atoms with Crippen molar-refractivity contribution >= 4 is 28.8 Å². The number of carbonyl (C=O) groups is 1. The van der Waals surface area contributed by atoms with E-state index < -0.39 is 0 Å². The Morgan fingerprint density at radius 3 is 2.95 bits per heavy atom. The summed E-state index contributed by atoms with van der Waals surface area (Å²) in [7, 11) is 0. The van der Waals surface area contributed by atoms with Gasteiger partial charge in [-0.2, -0.15) is 0 Å². The van der Waals surface area contributed by atoms with E-state index in [0.29, 0.717) is 17.3 Å². The molecule has 0 unspecified atom stereocenters. The minimum atomic E-state index is -0.151. The molecule has 0 spiro atoms. The van der Waals surface area contributed by atoms with Gasteiger partial charge in [0.25, 0.3) is 5.91 Å². The first-order chi connectivity index (χ1) is 10.2. The lowest BCUT2D eigenvalue weighted by Crippen LogP contribution is -2.31. The Labute approximate surface area is 132 Å². The molecule has 1 fully saturated rings. The Bertz CT molecular complexity index is 621. The summed E-state index contributed by atoms with van der Waals surface area (Å²) >= 11 is 7.31. The molecule has 4 nitrogen and oxygen atoms in total. The number of halogens is 1. The van der Waals surface area contributed by atoms with Crippen LogP contribution in [0.5, 0.6) is 0 Å². The van der Waals surface area contributed by atoms with E-state index in [1.54, 1.807) is 5.38 Å². The van der Waals surface area contributed by atoms with E-state index in [2.05, 4.69) is 10.3 Å². The predicted octanol–water partition coefficient (Wildman–Crippen LogP) is 3.37. The minimum Gasteiger partial charge on any atom is -0.376 e. The summed E-state index contributed by atoms with van der Waals surface area (Å²) in [5.41, 5.74) is 1.41. The number of ether oxygens (including phenoxy) is 1. The quantitative estimate of drug-likeness (QED) is 0.939. The van der Waals surface area contributed by atoms with Gasteiger partial charge in [0, 0.05) is 29.1 Å². The van der Waals surface area contributed by atoms with Crippen molar-refractivity contribution in [2.75, 3.05) is 13.2 Å². The second-order valence-electron chi connectivity index (χ2n) is 4.89. The van der Waals surface area contributed by atoms with E-state index in [9.17, 15) is 4.79 Å². The number of carbonyl (C=O) groups excluding carboxylic acids is 1. The van der Waals surface area contributed by atoms with Gasteiger partial charge in [0.15, 0.2) is 0 Å². The first kappa shape index (κ1) is 14.5. The van der Waals surface area contributed by atoms with Gasteiger partial charge in [-0.3, -0.25) is 4.79 Å². The van der Waals surface area contributed by atoms with Crippen molar-refractivity contribution in [1.82, 2.24) is 10.3 Å². The molecule has 2 aromatic rings. The number of amides is 1. The van der Waals surface area contributed by atoms with Crippen LogP contribution in [0.15, 0.2) is 29.6 Å². The molecule has 6 heteroatoms. The number of aromatic nitrogens is 1. The van der Waals surface area contributed by atoms with Crippen LogP contribution in [0.3, 0.4) is 0 Å². The van der Waals surface area contributed by atoms with Crippen molar-refractivity contribution in [2.24, 2.45) is 0 Å². The fourth-order valence-corrected chi connectivity index (χ4v) is 3.14. The van der Waals surface area contributed by atoms with Gasteiger partial charge in [-0.1, -0.05) is 23.7 Å². The van der Waals surface area contributed by atoms with Gasteiger partial charge < -0.3 is 10.1 Å². The molecule has 2 heterocycles. The topological polar surface area (TPSA) is 51.2 Å². The number of hydrogen-bond donors (Lipinski definition) is 1. The summed E-state index contributed by atoms with van der Waals surface area (Å²) in [6.45, 7) is 1.34. The molecule has 0 aliphatic carbocycles. The average Bonchev–Trinajstić information content (AvgIpc) is 3.17. The number of thiazole rings is 1. The van der Waals surface area contributed by atoms with Crippen LogP contribution in [0, 0.1) is 0 Å². The highest BCUT2D eigenvalue weighted by Gasteiger charge is 2.18. The molecule has 110 valence electrons.